The van der Waals surface area contributed by atoms with Crippen molar-refractivity contribution in [2.45, 2.75) is 24.7 Å². The van der Waals surface area contributed by atoms with E-state index in [2.05, 4.69) is 243 Å². The van der Waals surface area contributed by atoms with E-state index in [0.29, 0.717) is 0 Å². The summed E-state index contributed by atoms with van der Waals surface area (Å²) in [6, 6.07) is 84.0. The van der Waals surface area contributed by atoms with Crippen molar-refractivity contribution >= 4 is 27.8 Å². The first-order valence-corrected chi connectivity index (χ1v) is 22.2. The Hall–Kier alpha value is -7.74. The quantitative estimate of drug-likeness (QED) is 0.168. The average molecular weight is 802 g/mol. The zero-order valence-corrected chi connectivity index (χ0v) is 35.3. The van der Waals surface area contributed by atoms with Gasteiger partial charge in [-0.3, -0.25) is 0 Å². The van der Waals surface area contributed by atoms with Gasteiger partial charge in [0, 0.05) is 22.1 Å². The van der Waals surface area contributed by atoms with Crippen LogP contribution in [0.15, 0.2) is 224 Å². The summed E-state index contributed by atoms with van der Waals surface area (Å²) in [6.45, 7) is 4.79. The molecule has 0 saturated heterocycles. The Labute approximate surface area is 369 Å². The molecule has 1 nitrogen and oxygen atoms in total. The van der Waals surface area contributed by atoms with Gasteiger partial charge in [0.2, 0.25) is 0 Å². The van der Waals surface area contributed by atoms with E-state index < -0.39 is 5.41 Å². The van der Waals surface area contributed by atoms with Crippen LogP contribution in [0.2, 0.25) is 0 Å². The first-order chi connectivity index (χ1) is 31.0. The monoisotopic (exact) mass is 801 g/mol. The zero-order chi connectivity index (χ0) is 41.9. The first-order valence-electron chi connectivity index (χ1n) is 22.2. The molecule has 1 spiro atoms. The van der Waals surface area contributed by atoms with Crippen LogP contribution in [0.5, 0.6) is 0 Å². The predicted octanol–water partition coefficient (Wildman–Crippen LogP) is 16.3. The van der Waals surface area contributed by atoms with E-state index in [1.165, 1.54) is 111 Å². The molecule has 1 atom stereocenters. The fourth-order valence-corrected chi connectivity index (χ4v) is 11.7. The maximum Gasteiger partial charge on any atom is 0.0726 e. The van der Waals surface area contributed by atoms with Crippen LogP contribution in [-0.4, -0.2) is 0 Å². The van der Waals surface area contributed by atoms with Crippen molar-refractivity contribution < 1.29 is 0 Å². The van der Waals surface area contributed by atoms with Crippen molar-refractivity contribution in [3.05, 3.63) is 258 Å². The van der Waals surface area contributed by atoms with Crippen LogP contribution >= 0.6 is 0 Å². The van der Waals surface area contributed by atoms with Crippen LogP contribution in [0.1, 0.15) is 47.2 Å². The molecule has 10 aromatic rings. The van der Waals surface area contributed by atoms with Gasteiger partial charge in [0.15, 0.2) is 0 Å². The smallest absolute Gasteiger partial charge is 0.0726 e. The van der Waals surface area contributed by atoms with E-state index in [0.717, 1.165) is 5.69 Å². The van der Waals surface area contributed by atoms with Crippen LogP contribution in [0.3, 0.4) is 0 Å². The fourth-order valence-electron chi connectivity index (χ4n) is 11.7. The lowest BCUT2D eigenvalue weighted by molar-refractivity contribution is 0.661. The molecule has 0 aromatic heterocycles. The lowest BCUT2D eigenvalue weighted by Crippen LogP contribution is -2.26. The molecule has 0 saturated carbocycles. The molecule has 1 heteroatoms. The third-order valence-corrected chi connectivity index (χ3v) is 14.5. The van der Waals surface area contributed by atoms with Gasteiger partial charge in [-0.25, -0.2) is 0 Å². The molecule has 3 aliphatic carbocycles. The molecule has 13 rings (SSSR count). The maximum atomic E-state index is 2.58. The highest BCUT2D eigenvalue weighted by Gasteiger charge is 2.52. The Balaban J connectivity index is 1.12. The molecule has 0 bridgehead atoms. The average Bonchev–Trinajstić information content (AvgIpc) is 3.91. The van der Waals surface area contributed by atoms with Gasteiger partial charge in [0.25, 0.3) is 0 Å². The second-order valence-corrected chi connectivity index (χ2v) is 17.9. The van der Waals surface area contributed by atoms with Crippen molar-refractivity contribution in [1.29, 1.82) is 0 Å². The highest BCUT2D eigenvalue weighted by molar-refractivity contribution is 6.11. The number of hydrogen-bond donors (Lipinski definition) is 0. The van der Waals surface area contributed by atoms with Gasteiger partial charge in [-0.2, -0.15) is 0 Å². The van der Waals surface area contributed by atoms with Gasteiger partial charge in [-0.05, 0) is 119 Å². The van der Waals surface area contributed by atoms with Gasteiger partial charge in [-0.1, -0.05) is 208 Å². The third-order valence-electron chi connectivity index (χ3n) is 14.5. The minimum Gasteiger partial charge on any atom is -0.309 e. The van der Waals surface area contributed by atoms with Gasteiger partial charge >= 0.3 is 0 Å². The zero-order valence-electron chi connectivity index (χ0n) is 35.3. The van der Waals surface area contributed by atoms with Crippen LogP contribution < -0.4 is 4.90 Å². The number of hydrogen-bond acceptors (Lipinski definition) is 1. The van der Waals surface area contributed by atoms with Crippen LogP contribution in [0, 0.1) is 0 Å². The summed E-state index contributed by atoms with van der Waals surface area (Å²) in [7, 11) is 0. The van der Waals surface area contributed by atoms with Crippen molar-refractivity contribution in [2.24, 2.45) is 0 Å². The molecule has 296 valence electrons. The molecule has 0 heterocycles. The van der Waals surface area contributed by atoms with E-state index >= 15 is 0 Å². The summed E-state index contributed by atoms with van der Waals surface area (Å²) in [4.78, 5) is 2.58. The van der Waals surface area contributed by atoms with E-state index in [1.807, 2.05) is 0 Å². The molecule has 0 fully saturated rings. The fraction of sp³-hybridized carbons (Fsp3) is 0.0645. The van der Waals surface area contributed by atoms with Crippen LogP contribution in [-0.2, 0) is 10.8 Å². The topological polar surface area (TPSA) is 3.24 Å². The van der Waals surface area contributed by atoms with Crippen LogP contribution in [0.4, 0.5) is 17.1 Å². The highest BCUT2D eigenvalue weighted by Crippen LogP contribution is 2.65. The predicted molar refractivity (Wildman–Crippen MR) is 263 cm³/mol. The second-order valence-electron chi connectivity index (χ2n) is 17.9. The molecular formula is C62H43N. The summed E-state index contributed by atoms with van der Waals surface area (Å²) in [5.74, 6) is 0. The van der Waals surface area contributed by atoms with Gasteiger partial charge in [-0.15, -0.1) is 0 Å². The summed E-state index contributed by atoms with van der Waals surface area (Å²) in [5, 5.41) is 2.52. The molecular weight excluding hydrogens is 759 g/mol. The highest BCUT2D eigenvalue weighted by atomic mass is 15.1. The maximum absolute atomic E-state index is 2.58. The van der Waals surface area contributed by atoms with Crippen molar-refractivity contribution in [3.8, 4) is 55.6 Å². The number of rotatable bonds is 5. The molecule has 10 aromatic carbocycles. The summed E-state index contributed by atoms with van der Waals surface area (Å²) < 4.78 is 0. The molecule has 63 heavy (non-hydrogen) atoms. The number of nitrogens with zero attached hydrogens (tertiary/aromatic N) is 1. The molecule has 3 aliphatic rings. The minimum absolute atomic E-state index is 0.184. The third kappa shape index (κ3) is 4.94. The lowest BCUT2D eigenvalue weighted by atomic mass is 9.70. The number of fused-ring (bicyclic) bond motifs is 15. The summed E-state index contributed by atoms with van der Waals surface area (Å²) >= 11 is 0. The van der Waals surface area contributed by atoms with Crippen molar-refractivity contribution in [2.75, 3.05) is 4.90 Å². The molecule has 0 aliphatic heterocycles. The van der Waals surface area contributed by atoms with Crippen LogP contribution in [0.25, 0.3) is 66.4 Å². The van der Waals surface area contributed by atoms with E-state index in [4.69, 9.17) is 0 Å². The summed E-state index contributed by atoms with van der Waals surface area (Å²) in [6.07, 6.45) is 0. The minimum atomic E-state index is -0.509. The molecule has 0 amide bonds. The molecule has 0 N–H and O–H groups in total. The Morgan fingerprint density at radius 2 is 0.810 bits per heavy atom. The Morgan fingerprint density at radius 3 is 1.52 bits per heavy atom. The van der Waals surface area contributed by atoms with E-state index in [9.17, 15) is 0 Å². The lowest BCUT2D eigenvalue weighted by Gasteiger charge is -2.33. The van der Waals surface area contributed by atoms with Gasteiger partial charge in [0.05, 0.1) is 16.8 Å². The Bertz CT molecular complexity index is 3470. The van der Waals surface area contributed by atoms with Gasteiger partial charge < -0.3 is 4.90 Å². The standard InChI is InChI=1S/C62H43N/c1-61(2)51-27-14-12-25-49(51)59-48-24-10-9-23-47(48)58(39-56(59)61)63(44-35-32-42(33-36-44)40-18-5-3-6-19-40)57-31-17-30-54-60(57)50-26-13-16-29-53(50)62(54)52-28-15-11-22-45(52)46-37-34-43(38-55(46)62)41-20-7-4-8-21-41/h3-39H,1-2H3. The Morgan fingerprint density at radius 1 is 0.302 bits per heavy atom. The van der Waals surface area contributed by atoms with Crippen molar-refractivity contribution in [1.82, 2.24) is 0 Å². The Kier molecular flexibility index (Phi) is 7.64. The van der Waals surface area contributed by atoms with Crippen molar-refractivity contribution in [3.63, 3.8) is 0 Å². The first kappa shape index (κ1) is 36.0. The second kappa shape index (κ2) is 13.4. The normalized spacial score (nSPS) is 15.7. The SMILES string of the molecule is CC1(C)c2ccccc2-c2c1cc(N(c1ccc(-c3ccccc3)cc1)c1cccc3c1-c1ccccc1C31c3ccccc3-c3ccc(-c4ccccc4)cc31)c1ccccc21. The van der Waals surface area contributed by atoms with E-state index in [1.54, 1.807) is 0 Å². The number of anilines is 3. The van der Waals surface area contributed by atoms with Gasteiger partial charge in [0.1, 0.15) is 0 Å². The number of benzene rings is 10. The summed E-state index contributed by atoms with van der Waals surface area (Å²) in [5.41, 5.74) is 23.6. The van der Waals surface area contributed by atoms with E-state index in [-0.39, 0.29) is 5.41 Å². The molecule has 1 unspecified atom stereocenters. The largest absolute Gasteiger partial charge is 0.309 e. The molecule has 0 radical (unpaired) electrons.